The molecule has 0 saturated heterocycles. The number of nitrogens with zero attached hydrogens (tertiary/aromatic N) is 3. The van der Waals surface area contributed by atoms with E-state index in [1.54, 1.807) is 24.3 Å². The third kappa shape index (κ3) is 5.63. The predicted octanol–water partition coefficient (Wildman–Crippen LogP) is 4.59. The van der Waals surface area contributed by atoms with Crippen LogP contribution in [-0.4, -0.2) is 59.1 Å². The second-order valence-electron chi connectivity index (χ2n) is 9.85. The molecule has 1 N–H and O–H groups in total. The molecule has 1 fully saturated rings. The first-order chi connectivity index (χ1) is 18.6. The summed E-state index contributed by atoms with van der Waals surface area (Å²) in [5, 5.41) is 6.80. The zero-order chi connectivity index (χ0) is 27.7. The van der Waals surface area contributed by atoms with Gasteiger partial charge in [0.25, 0.3) is 5.91 Å². The van der Waals surface area contributed by atoms with Crippen LogP contribution in [0.15, 0.2) is 42.5 Å². The standard InChI is InChI=1S/C28H29F3N4O4/c1-17-24(25(19-7-10-23(38-2)11-8-19)35(33-17)39-27(37)28(29,30)31)26(36)32-21-9-6-18-12-14-34(22-4-3-5-22)15-13-20(18)16-21/h6-11,16,22H,3-5,12-15H2,1-2H3,(H,32,36). The highest BCUT2D eigenvalue weighted by molar-refractivity contribution is 6.09. The lowest BCUT2D eigenvalue weighted by Crippen LogP contribution is -2.41. The van der Waals surface area contributed by atoms with Crippen LogP contribution < -0.4 is 14.9 Å². The number of ether oxygens (including phenoxy) is 1. The molecule has 1 saturated carbocycles. The summed E-state index contributed by atoms with van der Waals surface area (Å²) < 4.78 is 44.0. The predicted molar refractivity (Wildman–Crippen MR) is 138 cm³/mol. The number of methoxy groups -OCH3 is 1. The summed E-state index contributed by atoms with van der Waals surface area (Å²) in [6.45, 7) is 3.45. The normalized spacial score (nSPS) is 16.1. The Morgan fingerprint density at radius 1 is 1.03 bits per heavy atom. The number of aryl methyl sites for hydroxylation is 1. The number of carbonyl (C=O) groups is 2. The zero-order valence-corrected chi connectivity index (χ0v) is 21.7. The minimum atomic E-state index is -5.24. The van der Waals surface area contributed by atoms with Gasteiger partial charge in [-0.25, -0.2) is 4.79 Å². The largest absolute Gasteiger partial charge is 0.497 e. The molecule has 2 aliphatic rings. The van der Waals surface area contributed by atoms with Gasteiger partial charge >= 0.3 is 12.1 Å². The Labute approximate surface area is 223 Å². The van der Waals surface area contributed by atoms with Crippen molar-refractivity contribution in [2.45, 2.75) is 51.2 Å². The van der Waals surface area contributed by atoms with Gasteiger partial charge in [-0.2, -0.15) is 13.2 Å². The van der Waals surface area contributed by atoms with Gasteiger partial charge in [-0.05, 0) is 80.1 Å². The quantitative estimate of drug-likeness (QED) is 0.491. The van der Waals surface area contributed by atoms with E-state index in [-0.39, 0.29) is 17.0 Å². The maximum absolute atomic E-state index is 13.5. The highest BCUT2D eigenvalue weighted by atomic mass is 19.4. The van der Waals surface area contributed by atoms with Crippen molar-refractivity contribution in [1.29, 1.82) is 0 Å². The first-order valence-electron chi connectivity index (χ1n) is 12.8. The topological polar surface area (TPSA) is 85.7 Å². The molecule has 0 spiro atoms. The maximum atomic E-state index is 13.5. The third-order valence-corrected chi connectivity index (χ3v) is 7.41. The number of amides is 1. The van der Waals surface area contributed by atoms with Crippen molar-refractivity contribution in [3.8, 4) is 17.0 Å². The monoisotopic (exact) mass is 542 g/mol. The Bertz CT molecular complexity index is 1380. The molecule has 11 heteroatoms. The van der Waals surface area contributed by atoms with Gasteiger partial charge in [0.15, 0.2) is 0 Å². The Morgan fingerprint density at radius 2 is 1.72 bits per heavy atom. The molecule has 1 amide bonds. The second-order valence-corrected chi connectivity index (χ2v) is 9.85. The number of halogens is 3. The lowest BCUT2D eigenvalue weighted by atomic mass is 9.91. The van der Waals surface area contributed by atoms with Gasteiger partial charge in [0, 0.05) is 30.4 Å². The lowest BCUT2D eigenvalue weighted by Gasteiger charge is -2.36. The first-order valence-corrected chi connectivity index (χ1v) is 12.8. The van der Waals surface area contributed by atoms with Crippen LogP contribution in [0.3, 0.4) is 0 Å². The number of carbonyl (C=O) groups excluding carboxylic acids is 2. The van der Waals surface area contributed by atoms with Gasteiger partial charge < -0.3 is 14.9 Å². The number of nitrogens with one attached hydrogen (secondary N) is 1. The summed E-state index contributed by atoms with van der Waals surface area (Å²) >= 11 is 0. The van der Waals surface area contributed by atoms with Crippen molar-refractivity contribution in [2.24, 2.45) is 0 Å². The van der Waals surface area contributed by atoms with Crippen molar-refractivity contribution in [1.82, 2.24) is 14.8 Å². The number of rotatable bonds is 6. The van der Waals surface area contributed by atoms with Gasteiger partial charge in [-0.15, -0.1) is 5.10 Å². The van der Waals surface area contributed by atoms with E-state index in [1.807, 2.05) is 18.2 Å². The third-order valence-electron chi connectivity index (χ3n) is 7.41. The molecule has 2 aromatic carbocycles. The van der Waals surface area contributed by atoms with Crippen LogP contribution in [0.5, 0.6) is 5.75 Å². The van der Waals surface area contributed by atoms with Crippen LogP contribution in [-0.2, 0) is 17.6 Å². The fourth-order valence-electron chi connectivity index (χ4n) is 5.11. The van der Waals surface area contributed by atoms with Crippen molar-refractivity contribution < 1.29 is 32.3 Å². The molecule has 1 aliphatic heterocycles. The summed E-state index contributed by atoms with van der Waals surface area (Å²) in [6.07, 6.45) is 0.359. The number of hydrogen-bond acceptors (Lipinski definition) is 6. The molecular formula is C28H29F3N4O4. The number of anilines is 1. The smallest absolute Gasteiger partial charge is 0.493 e. The second kappa shape index (κ2) is 10.7. The molecule has 0 unspecified atom stereocenters. The SMILES string of the molecule is COc1ccc(-c2c(C(=O)Nc3ccc4c(c3)CCN(C3CCC3)CC4)c(C)nn2OC(=O)C(F)(F)F)cc1. The Hall–Kier alpha value is -3.86. The van der Waals surface area contributed by atoms with Crippen molar-refractivity contribution >= 4 is 17.6 Å². The molecule has 0 radical (unpaired) electrons. The first kappa shape index (κ1) is 26.7. The number of aromatic nitrogens is 2. The van der Waals surface area contributed by atoms with Gasteiger partial charge in [0.05, 0.1) is 18.4 Å². The molecule has 0 bridgehead atoms. The number of fused-ring (bicyclic) bond motifs is 1. The fourth-order valence-corrected chi connectivity index (χ4v) is 5.11. The minimum absolute atomic E-state index is 0.0127. The van der Waals surface area contributed by atoms with E-state index >= 15 is 0 Å². The summed E-state index contributed by atoms with van der Waals surface area (Å²) in [5.74, 6) is -2.54. The molecule has 39 heavy (non-hydrogen) atoms. The zero-order valence-electron chi connectivity index (χ0n) is 21.7. The van der Waals surface area contributed by atoms with E-state index in [1.165, 1.54) is 38.9 Å². The summed E-state index contributed by atoms with van der Waals surface area (Å²) in [5.41, 5.74) is 3.29. The van der Waals surface area contributed by atoms with Gasteiger partial charge in [0.1, 0.15) is 11.4 Å². The summed E-state index contributed by atoms with van der Waals surface area (Å²) in [6, 6.07) is 12.7. The Kier molecular flexibility index (Phi) is 7.35. The van der Waals surface area contributed by atoms with Gasteiger partial charge in [0.2, 0.25) is 0 Å². The van der Waals surface area contributed by atoms with Crippen LogP contribution in [0.1, 0.15) is 46.4 Å². The highest BCUT2D eigenvalue weighted by Crippen LogP contribution is 2.31. The van der Waals surface area contributed by atoms with E-state index in [0.717, 1.165) is 31.5 Å². The number of alkyl halides is 3. The van der Waals surface area contributed by atoms with E-state index in [4.69, 9.17) is 4.74 Å². The molecule has 2 heterocycles. The molecule has 3 aromatic rings. The van der Waals surface area contributed by atoms with E-state index in [2.05, 4.69) is 20.2 Å². The molecule has 206 valence electrons. The fraction of sp³-hybridized carbons (Fsp3) is 0.393. The van der Waals surface area contributed by atoms with Crippen LogP contribution in [0, 0.1) is 6.92 Å². The van der Waals surface area contributed by atoms with Crippen molar-refractivity contribution in [2.75, 3.05) is 25.5 Å². The van der Waals surface area contributed by atoms with Crippen LogP contribution in [0.25, 0.3) is 11.3 Å². The van der Waals surface area contributed by atoms with Gasteiger partial charge in [-0.1, -0.05) is 17.3 Å². The molecule has 1 aliphatic carbocycles. The van der Waals surface area contributed by atoms with E-state index in [9.17, 15) is 22.8 Å². The van der Waals surface area contributed by atoms with Crippen molar-refractivity contribution in [3.05, 3.63) is 64.8 Å². The Balaban J connectivity index is 1.43. The molecule has 1 aromatic heterocycles. The highest BCUT2D eigenvalue weighted by Gasteiger charge is 2.43. The number of hydrogen-bond donors (Lipinski definition) is 1. The van der Waals surface area contributed by atoms with E-state index in [0.29, 0.717) is 27.9 Å². The van der Waals surface area contributed by atoms with Crippen molar-refractivity contribution in [3.63, 3.8) is 0 Å². The van der Waals surface area contributed by atoms with E-state index < -0.39 is 18.1 Å². The minimum Gasteiger partial charge on any atom is -0.497 e. The van der Waals surface area contributed by atoms with Crippen LogP contribution in [0.4, 0.5) is 18.9 Å². The molecule has 8 nitrogen and oxygen atoms in total. The molecular weight excluding hydrogens is 513 g/mol. The summed E-state index contributed by atoms with van der Waals surface area (Å²) in [7, 11) is 1.47. The van der Waals surface area contributed by atoms with Crippen LogP contribution >= 0.6 is 0 Å². The lowest BCUT2D eigenvalue weighted by molar-refractivity contribution is -0.201. The molecule has 0 atom stereocenters. The average Bonchev–Trinajstić information content (AvgIpc) is 3.05. The molecule has 5 rings (SSSR count). The van der Waals surface area contributed by atoms with Crippen LogP contribution in [0.2, 0.25) is 0 Å². The maximum Gasteiger partial charge on any atom is 0.493 e. The Morgan fingerprint density at radius 3 is 2.33 bits per heavy atom. The average molecular weight is 543 g/mol. The summed E-state index contributed by atoms with van der Waals surface area (Å²) in [4.78, 5) is 32.7. The van der Waals surface area contributed by atoms with Gasteiger partial charge in [-0.3, -0.25) is 9.69 Å². The number of benzene rings is 2.